The van der Waals surface area contributed by atoms with Crippen molar-refractivity contribution in [2.75, 3.05) is 7.11 Å². The Labute approximate surface area is 136 Å². The molecule has 2 aromatic rings. The van der Waals surface area contributed by atoms with E-state index in [-0.39, 0.29) is 4.90 Å². The molecular formula is C12H9Br3O3S. The molecular weight excluding hydrogens is 464 g/mol. The first-order valence-corrected chi connectivity index (χ1v) is 9.02. The standard InChI is InChI=1S/C12H9Br3O3S/c1-18-9-5-6-10-8(7-9)3-2-4-11(10)19(16,17)12(13,14)15/h2-7H,1H3. The molecule has 0 aromatic heterocycles. The van der Waals surface area contributed by atoms with Crippen LogP contribution in [0.3, 0.4) is 0 Å². The molecule has 19 heavy (non-hydrogen) atoms. The maximum Gasteiger partial charge on any atom is 0.239 e. The summed E-state index contributed by atoms with van der Waals surface area (Å²) >= 11 is 9.21. The van der Waals surface area contributed by atoms with E-state index in [2.05, 4.69) is 47.8 Å². The zero-order valence-electron chi connectivity index (χ0n) is 9.73. The number of sulfone groups is 1. The van der Waals surface area contributed by atoms with Gasteiger partial charge >= 0.3 is 0 Å². The molecule has 0 N–H and O–H groups in total. The number of benzene rings is 2. The maximum atomic E-state index is 12.5. The third-order valence-corrected chi connectivity index (χ3v) is 8.02. The van der Waals surface area contributed by atoms with Crippen molar-refractivity contribution in [1.29, 1.82) is 0 Å². The Bertz CT molecular complexity index is 721. The van der Waals surface area contributed by atoms with Gasteiger partial charge in [0.25, 0.3) is 0 Å². The van der Waals surface area contributed by atoms with Gasteiger partial charge < -0.3 is 4.74 Å². The van der Waals surface area contributed by atoms with E-state index < -0.39 is 11.3 Å². The van der Waals surface area contributed by atoms with Crippen LogP contribution in [0.4, 0.5) is 0 Å². The Kier molecular flexibility index (Phi) is 4.30. The molecule has 0 unspecified atom stereocenters. The average Bonchev–Trinajstić information content (AvgIpc) is 2.35. The Balaban J connectivity index is 2.76. The molecule has 102 valence electrons. The Morgan fingerprint density at radius 1 is 1.11 bits per heavy atom. The highest BCUT2D eigenvalue weighted by atomic mass is 80.0. The molecule has 0 aliphatic heterocycles. The lowest BCUT2D eigenvalue weighted by atomic mass is 10.1. The number of ether oxygens (including phenoxy) is 1. The Hall–Kier alpha value is -0.110. The molecule has 0 heterocycles. The summed E-state index contributed by atoms with van der Waals surface area (Å²) in [6.07, 6.45) is 0. The number of hydrogen-bond acceptors (Lipinski definition) is 3. The van der Waals surface area contributed by atoms with Gasteiger partial charge in [0.05, 0.1) is 12.0 Å². The van der Waals surface area contributed by atoms with Crippen LogP contribution in [0.15, 0.2) is 41.3 Å². The van der Waals surface area contributed by atoms with Crippen LogP contribution in [0, 0.1) is 0 Å². The van der Waals surface area contributed by atoms with Crippen molar-refractivity contribution in [2.45, 2.75) is 6.37 Å². The highest BCUT2D eigenvalue weighted by Crippen LogP contribution is 2.44. The van der Waals surface area contributed by atoms with Crippen molar-refractivity contribution in [1.82, 2.24) is 0 Å². The van der Waals surface area contributed by atoms with E-state index in [0.29, 0.717) is 11.1 Å². The zero-order chi connectivity index (χ0) is 14.3. The van der Waals surface area contributed by atoms with Crippen molar-refractivity contribution in [3.63, 3.8) is 0 Å². The fourth-order valence-corrected chi connectivity index (χ4v) is 4.27. The maximum absolute atomic E-state index is 12.5. The van der Waals surface area contributed by atoms with Gasteiger partial charge in [-0.3, -0.25) is 0 Å². The number of alkyl halides is 3. The van der Waals surface area contributed by atoms with Crippen LogP contribution in [0.1, 0.15) is 0 Å². The SMILES string of the molecule is COc1ccc2c(S(=O)(=O)C(Br)(Br)Br)cccc2c1. The van der Waals surface area contributed by atoms with E-state index in [0.717, 1.165) is 5.39 Å². The van der Waals surface area contributed by atoms with E-state index in [1.807, 2.05) is 6.07 Å². The highest BCUT2D eigenvalue weighted by Gasteiger charge is 2.38. The van der Waals surface area contributed by atoms with Crippen LogP contribution >= 0.6 is 47.8 Å². The van der Waals surface area contributed by atoms with Crippen molar-refractivity contribution < 1.29 is 13.2 Å². The second-order valence-electron chi connectivity index (χ2n) is 3.79. The average molecular weight is 473 g/mol. The number of methoxy groups -OCH3 is 1. The van der Waals surface area contributed by atoms with Crippen LogP contribution in [0.25, 0.3) is 10.8 Å². The minimum absolute atomic E-state index is 0.235. The lowest BCUT2D eigenvalue weighted by molar-refractivity contribution is 0.415. The van der Waals surface area contributed by atoms with Crippen LogP contribution in [0.5, 0.6) is 5.75 Å². The summed E-state index contributed by atoms with van der Waals surface area (Å²) < 4.78 is 28.7. The molecule has 0 atom stereocenters. The van der Waals surface area contributed by atoms with Gasteiger partial charge in [0.2, 0.25) is 11.3 Å². The minimum Gasteiger partial charge on any atom is -0.497 e. The summed E-state index contributed by atoms with van der Waals surface area (Å²) in [6.45, 7) is 0. The summed E-state index contributed by atoms with van der Waals surface area (Å²) in [5, 5.41) is 1.45. The molecule has 0 aliphatic rings. The summed E-state index contributed by atoms with van der Waals surface area (Å²) in [5.41, 5.74) is 0. The van der Waals surface area contributed by atoms with Gasteiger partial charge in [-0.25, -0.2) is 8.42 Å². The lowest BCUT2D eigenvalue weighted by Gasteiger charge is -2.15. The van der Waals surface area contributed by atoms with Crippen molar-refractivity contribution >= 4 is 68.4 Å². The molecule has 3 nitrogen and oxygen atoms in total. The topological polar surface area (TPSA) is 43.4 Å². The van der Waals surface area contributed by atoms with Gasteiger partial charge in [-0.05, 0) is 77.4 Å². The quantitative estimate of drug-likeness (QED) is 0.608. The second kappa shape index (κ2) is 5.35. The normalized spacial score (nSPS) is 12.6. The van der Waals surface area contributed by atoms with Gasteiger partial charge in [-0.1, -0.05) is 12.1 Å². The van der Waals surface area contributed by atoms with E-state index in [9.17, 15) is 8.42 Å². The molecule has 0 saturated carbocycles. The molecule has 2 aromatic carbocycles. The first-order chi connectivity index (χ1) is 8.77. The van der Waals surface area contributed by atoms with Crippen LogP contribution in [-0.4, -0.2) is 17.0 Å². The Morgan fingerprint density at radius 3 is 2.37 bits per heavy atom. The van der Waals surface area contributed by atoms with E-state index in [1.54, 1.807) is 37.4 Å². The molecule has 0 fully saturated rings. The minimum atomic E-state index is -3.61. The first-order valence-electron chi connectivity index (χ1n) is 5.15. The van der Waals surface area contributed by atoms with Gasteiger partial charge in [0.15, 0.2) is 0 Å². The van der Waals surface area contributed by atoms with E-state index in [4.69, 9.17) is 4.74 Å². The molecule has 0 spiro atoms. The molecule has 2 rings (SSSR count). The van der Waals surface area contributed by atoms with Crippen LogP contribution in [0.2, 0.25) is 0 Å². The van der Waals surface area contributed by atoms with Gasteiger partial charge in [-0.15, -0.1) is 0 Å². The Morgan fingerprint density at radius 2 is 1.79 bits per heavy atom. The van der Waals surface area contributed by atoms with Crippen molar-refractivity contribution in [2.24, 2.45) is 0 Å². The van der Waals surface area contributed by atoms with E-state index in [1.165, 1.54) is 0 Å². The fraction of sp³-hybridized carbons (Fsp3) is 0.167. The van der Waals surface area contributed by atoms with Crippen LogP contribution in [-0.2, 0) is 9.84 Å². The highest BCUT2D eigenvalue weighted by molar-refractivity contribution is 9.42. The zero-order valence-corrected chi connectivity index (χ0v) is 15.3. The lowest BCUT2D eigenvalue weighted by Crippen LogP contribution is -2.18. The second-order valence-corrected chi connectivity index (χ2v) is 14.2. The van der Waals surface area contributed by atoms with Crippen LogP contribution < -0.4 is 4.74 Å². The van der Waals surface area contributed by atoms with E-state index >= 15 is 0 Å². The molecule has 0 amide bonds. The largest absolute Gasteiger partial charge is 0.497 e. The molecule has 0 bridgehead atoms. The predicted molar refractivity (Wildman–Crippen MR) is 87.2 cm³/mol. The van der Waals surface area contributed by atoms with Gasteiger partial charge in [-0.2, -0.15) is 0 Å². The summed E-state index contributed by atoms with van der Waals surface area (Å²) in [7, 11) is -2.04. The summed E-state index contributed by atoms with van der Waals surface area (Å²) in [4.78, 5) is 0.235. The summed E-state index contributed by atoms with van der Waals surface area (Å²) in [6, 6.07) is 10.4. The monoisotopic (exact) mass is 470 g/mol. The number of hydrogen-bond donors (Lipinski definition) is 0. The molecule has 0 saturated heterocycles. The number of rotatable bonds is 2. The molecule has 7 heteroatoms. The fourth-order valence-electron chi connectivity index (χ4n) is 1.72. The summed E-state index contributed by atoms with van der Waals surface area (Å²) in [5.74, 6) is 0.685. The first kappa shape index (κ1) is 15.3. The van der Waals surface area contributed by atoms with Gasteiger partial charge in [0.1, 0.15) is 5.75 Å². The van der Waals surface area contributed by atoms with Crippen molar-refractivity contribution in [3.8, 4) is 5.75 Å². The predicted octanol–water partition coefficient (Wildman–Crippen LogP) is 4.42. The number of halogens is 3. The van der Waals surface area contributed by atoms with Gasteiger partial charge in [0, 0.05) is 5.39 Å². The molecule has 0 radical (unpaired) electrons. The third-order valence-electron chi connectivity index (χ3n) is 2.64. The number of fused-ring (bicyclic) bond motifs is 1. The van der Waals surface area contributed by atoms with Crippen molar-refractivity contribution in [3.05, 3.63) is 36.4 Å². The third kappa shape index (κ3) is 2.84. The smallest absolute Gasteiger partial charge is 0.239 e. The molecule has 0 aliphatic carbocycles.